The molecule has 0 saturated carbocycles. The van der Waals surface area contributed by atoms with Gasteiger partial charge >= 0.3 is 8.03 Å². The summed E-state index contributed by atoms with van der Waals surface area (Å²) in [5.41, 5.74) is 2.11. The van der Waals surface area contributed by atoms with E-state index in [4.69, 9.17) is 4.52 Å². The topological polar surface area (TPSA) is 43.4 Å². The van der Waals surface area contributed by atoms with Gasteiger partial charge in [-0.1, -0.05) is 42.0 Å². The molecule has 20 heavy (non-hydrogen) atoms. The number of carbonyl (C=O) groups excluding carboxylic acids is 1. The number of carbonyl (C=O) groups is 1. The minimum atomic E-state index is -2.00. The molecule has 0 amide bonds. The second kappa shape index (κ2) is 6.56. The first-order valence-corrected chi connectivity index (χ1v) is 7.61. The Morgan fingerprint density at radius 1 is 1.10 bits per heavy atom. The third kappa shape index (κ3) is 3.19. The molecule has 0 fully saturated rings. The van der Waals surface area contributed by atoms with Gasteiger partial charge in [0.25, 0.3) is 0 Å². The highest BCUT2D eigenvalue weighted by Gasteiger charge is 2.28. The van der Waals surface area contributed by atoms with Crippen molar-refractivity contribution >= 4 is 19.1 Å². The number of aryl methyl sites for hydroxylation is 1. The van der Waals surface area contributed by atoms with Gasteiger partial charge in [-0.3, -0.25) is 4.79 Å². The fraction of sp³-hybridized carbons (Fsp3) is 0.188. The third-order valence-electron chi connectivity index (χ3n) is 2.91. The van der Waals surface area contributed by atoms with E-state index < -0.39 is 8.03 Å². The van der Waals surface area contributed by atoms with Gasteiger partial charge in [-0.2, -0.15) is 0 Å². The summed E-state index contributed by atoms with van der Waals surface area (Å²) >= 11 is 0. The third-order valence-corrected chi connectivity index (χ3v) is 4.18. The van der Waals surface area contributed by atoms with Crippen LogP contribution in [0.4, 0.5) is 0 Å². The first-order valence-electron chi connectivity index (χ1n) is 6.44. The summed E-state index contributed by atoms with van der Waals surface area (Å²) in [6, 6.07) is 14.2. The molecule has 0 aliphatic carbocycles. The fourth-order valence-corrected chi connectivity index (χ4v) is 2.83. The van der Waals surface area contributed by atoms with Gasteiger partial charge in [0.05, 0.1) is 5.56 Å². The molecule has 0 saturated heterocycles. The lowest BCUT2D eigenvalue weighted by Crippen LogP contribution is -2.13. The van der Waals surface area contributed by atoms with Gasteiger partial charge in [0.15, 0.2) is 5.78 Å². The van der Waals surface area contributed by atoms with Crippen LogP contribution in [0.25, 0.3) is 0 Å². The summed E-state index contributed by atoms with van der Waals surface area (Å²) in [6.45, 7) is 4.09. The maximum Gasteiger partial charge on any atom is 0.549 e. The van der Waals surface area contributed by atoms with E-state index in [1.165, 1.54) is 0 Å². The van der Waals surface area contributed by atoms with Crippen molar-refractivity contribution in [3.05, 3.63) is 65.2 Å². The number of hydrogen-bond acceptors (Lipinski definition) is 3. The van der Waals surface area contributed by atoms with Crippen LogP contribution in [0.15, 0.2) is 48.5 Å². The molecular formula is C16H16O3P+. The molecule has 2 aromatic rings. The monoisotopic (exact) mass is 287 g/mol. The van der Waals surface area contributed by atoms with Crippen LogP contribution in [0.1, 0.15) is 28.4 Å². The van der Waals surface area contributed by atoms with Crippen molar-refractivity contribution in [2.45, 2.75) is 13.8 Å². The lowest BCUT2D eigenvalue weighted by Gasteiger charge is -2.02. The largest absolute Gasteiger partial charge is 0.549 e. The predicted octanol–water partition coefficient (Wildman–Crippen LogP) is 3.63. The van der Waals surface area contributed by atoms with Gasteiger partial charge in [-0.05, 0) is 30.5 Å². The van der Waals surface area contributed by atoms with Crippen LogP contribution >= 0.6 is 8.03 Å². The number of benzene rings is 2. The Morgan fingerprint density at radius 2 is 1.75 bits per heavy atom. The average molecular weight is 287 g/mol. The van der Waals surface area contributed by atoms with E-state index in [0.717, 1.165) is 5.56 Å². The summed E-state index contributed by atoms with van der Waals surface area (Å²) in [5.74, 6) is -0.136. The van der Waals surface area contributed by atoms with Crippen LogP contribution in [0.5, 0.6) is 0 Å². The second-order valence-corrected chi connectivity index (χ2v) is 5.64. The van der Waals surface area contributed by atoms with E-state index in [2.05, 4.69) is 0 Å². The van der Waals surface area contributed by atoms with Crippen molar-refractivity contribution in [2.24, 2.45) is 0 Å². The zero-order chi connectivity index (χ0) is 14.5. The highest BCUT2D eigenvalue weighted by atomic mass is 31.1. The maximum atomic E-state index is 12.5. The Bertz CT molecular complexity index is 632. The zero-order valence-corrected chi connectivity index (χ0v) is 12.4. The Morgan fingerprint density at radius 3 is 2.40 bits per heavy atom. The van der Waals surface area contributed by atoms with Gasteiger partial charge in [0.2, 0.25) is 5.30 Å². The summed E-state index contributed by atoms with van der Waals surface area (Å²) < 4.78 is 17.2. The van der Waals surface area contributed by atoms with E-state index >= 15 is 0 Å². The molecule has 3 nitrogen and oxygen atoms in total. The number of ketones is 1. The van der Waals surface area contributed by atoms with Gasteiger partial charge in [0.1, 0.15) is 6.61 Å². The standard InChI is InChI=1S/C16H16O3P/c1-3-19-20(18)15-7-5-4-6-14(15)16(17)13-10-8-12(2)9-11-13/h4-11H,3H2,1-2H3/q+1. The molecule has 0 radical (unpaired) electrons. The van der Waals surface area contributed by atoms with Crippen molar-refractivity contribution in [3.8, 4) is 0 Å². The maximum absolute atomic E-state index is 12.5. The first kappa shape index (κ1) is 14.6. The molecule has 4 heteroatoms. The molecule has 0 aromatic heterocycles. The van der Waals surface area contributed by atoms with Crippen LogP contribution < -0.4 is 5.30 Å². The lowest BCUT2D eigenvalue weighted by molar-refractivity contribution is 0.103. The van der Waals surface area contributed by atoms with Crippen LogP contribution in [0.2, 0.25) is 0 Å². The van der Waals surface area contributed by atoms with Crippen LogP contribution in [-0.4, -0.2) is 12.4 Å². The molecule has 0 N–H and O–H groups in total. The Balaban J connectivity index is 2.39. The van der Waals surface area contributed by atoms with Crippen molar-refractivity contribution in [3.63, 3.8) is 0 Å². The first-order chi connectivity index (χ1) is 9.63. The molecule has 0 spiro atoms. The SMILES string of the molecule is CCO[P+](=O)c1ccccc1C(=O)c1ccc(C)cc1. The highest BCUT2D eigenvalue weighted by molar-refractivity contribution is 7.48. The predicted molar refractivity (Wildman–Crippen MR) is 79.9 cm³/mol. The smallest absolute Gasteiger partial charge is 0.288 e. The normalized spacial score (nSPS) is 11.2. The van der Waals surface area contributed by atoms with E-state index in [0.29, 0.717) is 23.0 Å². The number of rotatable bonds is 5. The Kier molecular flexibility index (Phi) is 4.78. The molecule has 0 aliphatic rings. The summed E-state index contributed by atoms with van der Waals surface area (Å²) in [5, 5.41) is 0.454. The molecule has 1 atom stereocenters. The van der Waals surface area contributed by atoms with E-state index in [9.17, 15) is 9.36 Å². The van der Waals surface area contributed by atoms with Crippen molar-refractivity contribution in [1.82, 2.24) is 0 Å². The van der Waals surface area contributed by atoms with Crippen molar-refractivity contribution in [1.29, 1.82) is 0 Å². The Hall–Kier alpha value is -1.83. The molecule has 2 rings (SSSR count). The molecular weight excluding hydrogens is 271 g/mol. The second-order valence-electron chi connectivity index (χ2n) is 4.39. The molecule has 0 aliphatic heterocycles. The highest BCUT2D eigenvalue weighted by Crippen LogP contribution is 2.24. The van der Waals surface area contributed by atoms with Crippen molar-refractivity contribution < 1.29 is 13.9 Å². The average Bonchev–Trinajstić information content (AvgIpc) is 2.47. The van der Waals surface area contributed by atoms with Crippen molar-refractivity contribution in [2.75, 3.05) is 6.61 Å². The zero-order valence-electron chi connectivity index (χ0n) is 11.5. The summed E-state index contributed by atoms with van der Waals surface area (Å²) in [7, 11) is -2.00. The molecule has 0 heterocycles. The number of hydrogen-bond donors (Lipinski definition) is 0. The van der Waals surface area contributed by atoms with Crippen LogP contribution in [0.3, 0.4) is 0 Å². The van der Waals surface area contributed by atoms with E-state index in [1.807, 2.05) is 19.1 Å². The fourth-order valence-electron chi connectivity index (χ4n) is 1.87. The summed E-state index contributed by atoms with van der Waals surface area (Å²) in [4.78, 5) is 12.5. The van der Waals surface area contributed by atoms with E-state index in [-0.39, 0.29) is 5.78 Å². The lowest BCUT2D eigenvalue weighted by atomic mass is 10.0. The quantitative estimate of drug-likeness (QED) is 0.623. The molecule has 102 valence electrons. The molecule has 2 aromatic carbocycles. The molecule has 0 bridgehead atoms. The van der Waals surface area contributed by atoms with Gasteiger partial charge in [0, 0.05) is 5.56 Å². The minimum absolute atomic E-state index is 0.136. The summed E-state index contributed by atoms with van der Waals surface area (Å²) in [6.07, 6.45) is 0. The van der Waals surface area contributed by atoms with Crippen LogP contribution in [0, 0.1) is 6.92 Å². The van der Waals surface area contributed by atoms with Crippen LogP contribution in [-0.2, 0) is 9.09 Å². The van der Waals surface area contributed by atoms with Gasteiger partial charge in [-0.15, -0.1) is 4.52 Å². The van der Waals surface area contributed by atoms with E-state index in [1.54, 1.807) is 43.3 Å². The minimum Gasteiger partial charge on any atom is -0.288 e. The van der Waals surface area contributed by atoms with Gasteiger partial charge < -0.3 is 0 Å². The molecule has 1 unspecified atom stereocenters. The Labute approximate surface area is 119 Å². The van der Waals surface area contributed by atoms with Gasteiger partial charge in [-0.25, -0.2) is 0 Å².